The van der Waals surface area contributed by atoms with Crippen LogP contribution in [0, 0.1) is 0 Å². The van der Waals surface area contributed by atoms with Crippen LogP contribution in [0.3, 0.4) is 0 Å². The maximum Gasteiger partial charge on any atom is 0.340 e. The third-order valence-corrected chi connectivity index (χ3v) is 4.88. The molecule has 0 bridgehead atoms. The van der Waals surface area contributed by atoms with Crippen LogP contribution in [-0.2, 0) is 6.42 Å². The molecule has 25 heavy (non-hydrogen) atoms. The molecule has 1 amide bonds. The first-order valence-electron chi connectivity index (χ1n) is 8.63. The van der Waals surface area contributed by atoms with E-state index < -0.39 is 0 Å². The highest BCUT2D eigenvalue weighted by Gasteiger charge is 2.32. The van der Waals surface area contributed by atoms with E-state index in [0.717, 1.165) is 36.6 Å². The van der Waals surface area contributed by atoms with E-state index in [9.17, 15) is 9.59 Å². The van der Waals surface area contributed by atoms with Gasteiger partial charge in [-0.15, -0.1) is 0 Å². The molecule has 7 heteroatoms. The summed E-state index contributed by atoms with van der Waals surface area (Å²) in [5.74, 6) is 0.431. The van der Waals surface area contributed by atoms with Crippen LogP contribution >= 0.6 is 0 Å². The number of hydrogen-bond donors (Lipinski definition) is 2. The Kier molecular flexibility index (Phi) is 3.91. The van der Waals surface area contributed by atoms with Gasteiger partial charge in [0.25, 0.3) is 5.91 Å². The maximum atomic E-state index is 13.2. The normalized spacial score (nSPS) is 18.0. The lowest BCUT2D eigenvalue weighted by atomic mass is 9.99. The third kappa shape index (κ3) is 2.75. The van der Waals surface area contributed by atoms with Crippen LogP contribution in [0.25, 0.3) is 11.0 Å². The molecule has 7 nitrogen and oxygen atoms in total. The first kappa shape index (κ1) is 15.7. The van der Waals surface area contributed by atoms with Gasteiger partial charge >= 0.3 is 5.69 Å². The summed E-state index contributed by atoms with van der Waals surface area (Å²) in [7, 11) is 0. The highest BCUT2D eigenvalue weighted by molar-refractivity contribution is 6.06. The number of likely N-dealkylation sites (tertiary alicyclic amines) is 1. The van der Waals surface area contributed by atoms with Crippen molar-refractivity contribution in [3.8, 4) is 0 Å². The molecular weight excluding hydrogens is 320 g/mol. The van der Waals surface area contributed by atoms with Gasteiger partial charge in [-0.25, -0.2) is 9.89 Å². The van der Waals surface area contributed by atoms with Crippen LogP contribution in [0.1, 0.15) is 54.0 Å². The molecule has 1 saturated heterocycles. The minimum Gasteiger partial charge on any atom is -0.463 e. The van der Waals surface area contributed by atoms with Gasteiger partial charge in [-0.05, 0) is 43.4 Å². The maximum absolute atomic E-state index is 13.2. The fourth-order valence-corrected chi connectivity index (χ4v) is 3.52. The molecule has 1 unspecified atom stereocenters. The molecule has 3 heterocycles. The van der Waals surface area contributed by atoms with Crippen molar-refractivity contribution in [3.63, 3.8) is 0 Å². The standard InChI is InChI=1S/C18H20N4O3/c1-2-11-6-7-15-12(9-11)13(10-25-15)17(23)22-8-4-3-5-14(22)16-19-18(24)21-20-16/h6-7,9-10,14H,2-5,8H2,1H3,(H2,19,20,21,24). The van der Waals surface area contributed by atoms with Gasteiger partial charge in [-0.2, -0.15) is 5.10 Å². The van der Waals surface area contributed by atoms with Gasteiger partial charge in [-0.1, -0.05) is 13.0 Å². The largest absolute Gasteiger partial charge is 0.463 e. The average molecular weight is 340 g/mol. The van der Waals surface area contributed by atoms with Gasteiger partial charge in [-0.3, -0.25) is 9.78 Å². The number of benzene rings is 1. The summed E-state index contributed by atoms with van der Waals surface area (Å²) < 4.78 is 5.58. The van der Waals surface area contributed by atoms with Crippen molar-refractivity contribution in [2.45, 2.75) is 38.6 Å². The number of carbonyl (C=O) groups is 1. The monoisotopic (exact) mass is 340 g/mol. The summed E-state index contributed by atoms with van der Waals surface area (Å²) >= 11 is 0. The summed E-state index contributed by atoms with van der Waals surface area (Å²) in [4.78, 5) is 29.1. The van der Waals surface area contributed by atoms with Crippen LogP contribution < -0.4 is 5.69 Å². The van der Waals surface area contributed by atoms with Crippen LogP contribution in [0.2, 0.25) is 0 Å². The van der Waals surface area contributed by atoms with E-state index in [2.05, 4.69) is 22.1 Å². The number of piperidine rings is 1. The number of nitrogens with one attached hydrogen (secondary N) is 2. The predicted octanol–water partition coefficient (Wildman–Crippen LogP) is 2.77. The molecular formula is C18H20N4O3. The molecule has 2 N–H and O–H groups in total. The molecule has 1 fully saturated rings. The lowest BCUT2D eigenvalue weighted by molar-refractivity contribution is 0.0601. The number of furan rings is 1. The van der Waals surface area contributed by atoms with Crippen molar-refractivity contribution in [2.75, 3.05) is 6.54 Å². The zero-order valence-corrected chi connectivity index (χ0v) is 14.0. The number of aromatic amines is 2. The molecule has 2 aromatic heterocycles. The number of aryl methyl sites for hydroxylation is 1. The second-order valence-electron chi connectivity index (χ2n) is 6.41. The second-order valence-corrected chi connectivity index (χ2v) is 6.41. The quantitative estimate of drug-likeness (QED) is 0.766. The Labute approximate surface area is 144 Å². The van der Waals surface area contributed by atoms with E-state index in [1.807, 2.05) is 18.2 Å². The van der Waals surface area contributed by atoms with Crippen LogP contribution in [0.4, 0.5) is 0 Å². The summed E-state index contributed by atoms with van der Waals surface area (Å²) in [5, 5.41) is 7.26. The Bertz CT molecular complexity index is 968. The molecule has 3 aromatic rings. The SMILES string of the molecule is CCc1ccc2occ(C(=O)N3CCCCC3c3n[nH]c(=O)[nH]3)c2c1. The van der Waals surface area contributed by atoms with E-state index >= 15 is 0 Å². The van der Waals surface area contributed by atoms with Crippen molar-refractivity contribution in [1.82, 2.24) is 20.1 Å². The van der Waals surface area contributed by atoms with E-state index in [0.29, 0.717) is 23.5 Å². The molecule has 0 radical (unpaired) electrons. The number of amides is 1. The zero-order chi connectivity index (χ0) is 17.4. The summed E-state index contributed by atoms with van der Waals surface area (Å²) in [5.41, 5.74) is 2.08. The Hall–Kier alpha value is -2.83. The first-order valence-corrected chi connectivity index (χ1v) is 8.63. The molecule has 0 aliphatic carbocycles. The van der Waals surface area contributed by atoms with Crippen LogP contribution in [0.5, 0.6) is 0 Å². The molecule has 1 aliphatic heterocycles. The lowest BCUT2D eigenvalue weighted by Gasteiger charge is -2.34. The molecule has 1 aliphatic rings. The van der Waals surface area contributed by atoms with Crippen molar-refractivity contribution < 1.29 is 9.21 Å². The van der Waals surface area contributed by atoms with Crippen molar-refractivity contribution in [1.29, 1.82) is 0 Å². The topological polar surface area (TPSA) is 95.0 Å². The van der Waals surface area contributed by atoms with Gasteiger partial charge in [0.2, 0.25) is 0 Å². The number of H-pyrrole nitrogens is 2. The molecule has 1 atom stereocenters. The fourth-order valence-electron chi connectivity index (χ4n) is 3.52. The number of aromatic nitrogens is 3. The Morgan fingerprint density at radius 3 is 3.04 bits per heavy atom. The summed E-state index contributed by atoms with van der Waals surface area (Å²) in [6.45, 7) is 2.72. The van der Waals surface area contributed by atoms with E-state index in [1.54, 1.807) is 4.90 Å². The predicted molar refractivity (Wildman–Crippen MR) is 92.4 cm³/mol. The number of nitrogens with zero attached hydrogens (tertiary/aromatic N) is 2. The number of carbonyl (C=O) groups excluding carboxylic acids is 1. The van der Waals surface area contributed by atoms with Gasteiger partial charge < -0.3 is 9.32 Å². The highest BCUT2D eigenvalue weighted by Crippen LogP contribution is 2.32. The van der Waals surface area contributed by atoms with Crippen molar-refractivity contribution >= 4 is 16.9 Å². The number of rotatable bonds is 3. The second kappa shape index (κ2) is 6.23. The molecule has 1 aromatic carbocycles. The third-order valence-electron chi connectivity index (χ3n) is 4.88. The van der Waals surface area contributed by atoms with Gasteiger partial charge in [0.05, 0.1) is 11.6 Å². The minimum atomic E-state index is -0.352. The lowest BCUT2D eigenvalue weighted by Crippen LogP contribution is -2.39. The number of fused-ring (bicyclic) bond motifs is 1. The summed E-state index contributed by atoms with van der Waals surface area (Å²) in [6, 6.07) is 5.71. The van der Waals surface area contributed by atoms with Crippen LogP contribution in [0.15, 0.2) is 33.7 Å². The van der Waals surface area contributed by atoms with E-state index in [1.165, 1.54) is 6.26 Å². The average Bonchev–Trinajstić information content (AvgIpc) is 3.26. The van der Waals surface area contributed by atoms with Crippen molar-refractivity contribution in [2.24, 2.45) is 0 Å². The van der Waals surface area contributed by atoms with E-state index in [-0.39, 0.29) is 17.6 Å². The first-order chi connectivity index (χ1) is 12.2. The van der Waals surface area contributed by atoms with Gasteiger partial charge in [0.15, 0.2) is 5.82 Å². The van der Waals surface area contributed by atoms with Crippen LogP contribution in [-0.4, -0.2) is 32.5 Å². The Morgan fingerprint density at radius 1 is 1.40 bits per heavy atom. The number of hydrogen-bond acceptors (Lipinski definition) is 4. The Balaban J connectivity index is 1.72. The van der Waals surface area contributed by atoms with Crippen molar-refractivity contribution in [3.05, 3.63) is 51.9 Å². The highest BCUT2D eigenvalue weighted by atomic mass is 16.3. The Morgan fingerprint density at radius 2 is 2.28 bits per heavy atom. The molecule has 130 valence electrons. The molecule has 4 rings (SSSR count). The van der Waals surface area contributed by atoms with Gasteiger partial charge in [0, 0.05) is 11.9 Å². The van der Waals surface area contributed by atoms with Gasteiger partial charge in [0.1, 0.15) is 11.8 Å². The molecule has 0 spiro atoms. The fraction of sp³-hybridized carbons (Fsp3) is 0.389. The van der Waals surface area contributed by atoms with E-state index in [4.69, 9.17) is 4.42 Å². The molecule has 0 saturated carbocycles. The minimum absolute atomic E-state index is 0.0828. The zero-order valence-electron chi connectivity index (χ0n) is 14.0. The smallest absolute Gasteiger partial charge is 0.340 e. The summed E-state index contributed by atoms with van der Waals surface area (Å²) in [6.07, 6.45) is 5.14.